The van der Waals surface area contributed by atoms with Crippen molar-refractivity contribution in [3.8, 4) is 0 Å². The average Bonchev–Trinajstić information content (AvgIpc) is 2.58. The molecule has 0 aliphatic carbocycles. The van der Waals surface area contributed by atoms with E-state index in [-0.39, 0.29) is 17.9 Å². The maximum atomic E-state index is 12.4. The summed E-state index contributed by atoms with van der Waals surface area (Å²) in [5, 5.41) is 3.19. The van der Waals surface area contributed by atoms with Crippen molar-refractivity contribution in [2.45, 2.75) is 19.4 Å². The molecule has 2 aliphatic heterocycles. The van der Waals surface area contributed by atoms with Crippen molar-refractivity contribution in [1.29, 1.82) is 0 Å². The molecule has 2 saturated heterocycles. The highest BCUT2D eigenvalue weighted by atomic mass is 16.2. The number of hydrogen-bond acceptors (Lipinski definition) is 4. The zero-order chi connectivity index (χ0) is 13.8. The van der Waals surface area contributed by atoms with Crippen LogP contribution in [0.1, 0.15) is 13.3 Å². The van der Waals surface area contributed by atoms with Crippen LogP contribution >= 0.6 is 0 Å². The molecule has 2 aliphatic rings. The monoisotopic (exact) mass is 268 g/mol. The number of amides is 2. The predicted molar refractivity (Wildman–Crippen MR) is 72.7 cm³/mol. The van der Waals surface area contributed by atoms with Crippen LogP contribution in [-0.4, -0.2) is 85.4 Å². The summed E-state index contributed by atoms with van der Waals surface area (Å²) in [5.74, 6) is -0.664. The normalized spacial score (nSPS) is 26.1. The van der Waals surface area contributed by atoms with E-state index >= 15 is 0 Å². The van der Waals surface area contributed by atoms with Gasteiger partial charge in [-0.3, -0.25) is 9.59 Å². The first-order valence-electron chi connectivity index (χ1n) is 7.08. The number of piperazine rings is 1. The van der Waals surface area contributed by atoms with Crippen molar-refractivity contribution in [3.63, 3.8) is 0 Å². The molecule has 0 saturated carbocycles. The molecule has 6 heteroatoms. The van der Waals surface area contributed by atoms with Crippen LogP contribution in [-0.2, 0) is 9.59 Å². The second kappa shape index (κ2) is 6.34. The number of carbonyl (C=O) groups is 2. The zero-order valence-electron chi connectivity index (χ0n) is 11.9. The first-order valence-corrected chi connectivity index (χ1v) is 7.08. The maximum absolute atomic E-state index is 12.4. The second-order valence-electron chi connectivity index (χ2n) is 5.51. The highest BCUT2D eigenvalue weighted by Gasteiger charge is 2.31. The van der Waals surface area contributed by atoms with Gasteiger partial charge in [-0.2, -0.15) is 0 Å². The van der Waals surface area contributed by atoms with Crippen molar-refractivity contribution in [3.05, 3.63) is 0 Å². The third-order valence-electron chi connectivity index (χ3n) is 3.89. The Morgan fingerprint density at radius 3 is 2.42 bits per heavy atom. The molecule has 0 bridgehead atoms. The summed E-state index contributed by atoms with van der Waals surface area (Å²) in [6.45, 7) is 7.33. The van der Waals surface area contributed by atoms with E-state index in [0.717, 1.165) is 32.6 Å². The molecule has 2 amide bonds. The Balaban J connectivity index is 1.98. The molecule has 108 valence electrons. The van der Waals surface area contributed by atoms with Gasteiger partial charge < -0.3 is 20.0 Å². The van der Waals surface area contributed by atoms with E-state index in [0.29, 0.717) is 19.6 Å². The van der Waals surface area contributed by atoms with Gasteiger partial charge in [0.15, 0.2) is 0 Å². The molecular weight excluding hydrogens is 244 g/mol. The molecule has 6 nitrogen and oxygen atoms in total. The fourth-order valence-electron chi connectivity index (χ4n) is 2.80. The van der Waals surface area contributed by atoms with Gasteiger partial charge in [-0.1, -0.05) is 0 Å². The van der Waals surface area contributed by atoms with Crippen LogP contribution in [0.15, 0.2) is 0 Å². The van der Waals surface area contributed by atoms with Crippen molar-refractivity contribution < 1.29 is 9.59 Å². The van der Waals surface area contributed by atoms with E-state index in [9.17, 15) is 9.59 Å². The first-order chi connectivity index (χ1) is 9.09. The number of nitrogens with one attached hydrogen (secondary N) is 1. The number of nitrogens with zero attached hydrogens (tertiary/aromatic N) is 3. The Hall–Kier alpha value is -1.14. The Bertz CT molecular complexity index is 342. The van der Waals surface area contributed by atoms with Crippen molar-refractivity contribution in [1.82, 2.24) is 20.0 Å². The smallest absolute Gasteiger partial charge is 0.312 e. The topological polar surface area (TPSA) is 55.9 Å². The summed E-state index contributed by atoms with van der Waals surface area (Å²) in [7, 11) is 2.06. The van der Waals surface area contributed by atoms with Crippen LogP contribution in [0.25, 0.3) is 0 Å². The van der Waals surface area contributed by atoms with Crippen LogP contribution in [0.5, 0.6) is 0 Å². The van der Waals surface area contributed by atoms with E-state index in [1.165, 1.54) is 0 Å². The van der Waals surface area contributed by atoms with Crippen LogP contribution in [0.4, 0.5) is 0 Å². The molecular formula is C13H24N4O2. The van der Waals surface area contributed by atoms with Gasteiger partial charge in [-0.05, 0) is 26.9 Å². The van der Waals surface area contributed by atoms with Gasteiger partial charge in [-0.25, -0.2) is 0 Å². The molecule has 1 unspecified atom stereocenters. The summed E-state index contributed by atoms with van der Waals surface area (Å²) < 4.78 is 0. The standard InChI is InChI=1S/C13H24N4O2/c1-11-10-15(2)6-3-7-17(11)13(19)12(18)16-8-4-14-5-9-16/h11,14H,3-10H2,1-2H3. The Morgan fingerprint density at radius 1 is 1.05 bits per heavy atom. The minimum atomic E-state index is -0.335. The van der Waals surface area contributed by atoms with Crippen LogP contribution in [0.3, 0.4) is 0 Å². The third-order valence-corrected chi connectivity index (χ3v) is 3.89. The molecule has 2 heterocycles. The molecule has 19 heavy (non-hydrogen) atoms. The maximum Gasteiger partial charge on any atom is 0.312 e. The predicted octanol–water partition coefficient (Wildman–Crippen LogP) is -1.03. The number of rotatable bonds is 0. The Morgan fingerprint density at radius 2 is 1.74 bits per heavy atom. The Labute approximate surface area is 114 Å². The summed E-state index contributed by atoms with van der Waals surface area (Å²) in [4.78, 5) is 30.2. The van der Waals surface area contributed by atoms with Crippen molar-refractivity contribution in [2.75, 3.05) is 52.9 Å². The second-order valence-corrected chi connectivity index (χ2v) is 5.51. The van der Waals surface area contributed by atoms with Gasteiger partial charge in [-0.15, -0.1) is 0 Å². The van der Waals surface area contributed by atoms with Crippen LogP contribution in [0, 0.1) is 0 Å². The number of carbonyl (C=O) groups excluding carboxylic acids is 2. The van der Waals surface area contributed by atoms with E-state index in [2.05, 4.69) is 17.3 Å². The molecule has 0 aromatic rings. The van der Waals surface area contributed by atoms with E-state index < -0.39 is 0 Å². The summed E-state index contributed by atoms with van der Waals surface area (Å²) in [5.41, 5.74) is 0. The van der Waals surface area contributed by atoms with Crippen molar-refractivity contribution >= 4 is 11.8 Å². The number of likely N-dealkylation sites (N-methyl/N-ethyl adjacent to an activating group) is 1. The lowest BCUT2D eigenvalue weighted by atomic mass is 10.2. The minimum absolute atomic E-state index is 0.104. The lowest BCUT2D eigenvalue weighted by Crippen LogP contribution is -2.54. The average molecular weight is 268 g/mol. The van der Waals surface area contributed by atoms with Gasteiger partial charge in [0, 0.05) is 45.3 Å². The fraction of sp³-hybridized carbons (Fsp3) is 0.846. The molecule has 0 spiro atoms. The van der Waals surface area contributed by atoms with Gasteiger partial charge in [0.25, 0.3) is 0 Å². The quantitative estimate of drug-likeness (QED) is 0.571. The zero-order valence-corrected chi connectivity index (χ0v) is 11.9. The lowest BCUT2D eigenvalue weighted by Gasteiger charge is -2.32. The highest BCUT2D eigenvalue weighted by Crippen LogP contribution is 2.10. The summed E-state index contributed by atoms with van der Waals surface area (Å²) >= 11 is 0. The van der Waals surface area contributed by atoms with E-state index in [1.807, 2.05) is 6.92 Å². The molecule has 1 N–H and O–H groups in total. The summed E-state index contributed by atoms with van der Waals surface area (Å²) in [6.07, 6.45) is 0.932. The number of hydrogen-bond donors (Lipinski definition) is 1. The van der Waals surface area contributed by atoms with Gasteiger partial charge >= 0.3 is 11.8 Å². The fourth-order valence-corrected chi connectivity index (χ4v) is 2.80. The molecule has 1 atom stereocenters. The largest absolute Gasteiger partial charge is 0.332 e. The Kier molecular flexibility index (Phi) is 4.76. The third kappa shape index (κ3) is 3.45. The molecule has 0 radical (unpaired) electrons. The van der Waals surface area contributed by atoms with Gasteiger partial charge in [0.1, 0.15) is 0 Å². The van der Waals surface area contributed by atoms with Crippen LogP contribution < -0.4 is 5.32 Å². The summed E-state index contributed by atoms with van der Waals surface area (Å²) in [6, 6.07) is 0.104. The van der Waals surface area contributed by atoms with Gasteiger partial charge in [0.05, 0.1) is 0 Å². The molecule has 0 aromatic heterocycles. The molecule has 2 rings (SSSR count). The SMILES string of the molecule is CC1CN(C)CCCN1C(=O)C(=O)N1CCNCC1. The highest BCUT2D eigenvalue weighted by molar-refractivity contribution is 6.35. The molecule has 2 fully saturated rings. The minimum Gasteiger partial charge on any atom is -0.332 e. The lowest BCUT2D eigenvalue weighted by molar-refractivity contribution is -0.153. The first kappa shape index (κ1) is 14.3. The van der Waals surface area contributed by atoms with Crippen molar-refractivity contribution in [2.24, 2.45) is 0 Å². The van der Waals surface area contributed by atoms with Crippen LogP contribution in [0.2, 0.25) is 0 Å². The van der Waals surface area contributed by atoms with E-state index in [4.69, 9.17) is 0 Å². The van der Waals surface area contributed by atoms with E-state index in [1.54, 1.807) is 9.80 Å². The molecule has 0 aromatic carbocycles. The van der Waals surface area contributed by atoms with Gasteiger partial charge in [0.2, 0.25) is 0 Å².